The smallest absolute Gasteiger partial charge is 0.407 e. The molecule has 1 aromatic heterocycles. The number of H-pyrrole nitrogens is 1. The molecule has 14 heteroatoms. The fraction of sp³-hybridized carbons (Fsp3) is 0.265. The van der Waals surface area contributed by atoms with Gasteiger partial charge in [-0.25, -0.2) is 14.6 Å². The van der Waals surface area contributed by atoms with Crippen molar-refractivity contribution in [3.05, 3.63) is 151 Å². The van der Waals surface area contributed by atoms with Gasteiger partial charge in [0.15, 0.2) is 0 Å². The number of carbonyl (C=O) groups excluding carboxylic acids is 5. The van der Waals surface area contributed by atoms with Crippen molar-refractivity contribution in [1.29, 1.82) is 0 Å². The molecule has 63 heavy (non-hydrogen) atoms. The van der Waals surface area contributed by atoms with Crippen LogP contribution in [0, 0.1) is 0 Å². The number of unbranched alkanes of at least 4 members (excludes halogenated alkanes) is 2. The van der Waals surface area contributed by atoms with Gasteiger partial charge in [-0.1, -0.05) is 109 Å². The SMILES string of the molecule is COC(=O)NCC(=O)N1CCCC1c1ncc(-c2ccc(-c3ccc4cc(C(=O)NCCCCCNC(=O)C(NC(=O)OC)c5ccccc5)ccc4c3)cc2)[nH]1.c1ccccc1. The van der Waals surface area contributed by atoms with Crippen LogP contribution in [-0.2, 0) is 19.1 Å². The molecule has 326 valence electrons. The molecule has 0 radical (unpaired) electrons. The minimum absolute atomic E-state index is 0.130. The lowest BCUT2D eigenvalue weighted by Gasteiger charge is -2.23. The maximum absolute atomic E-state index is 13.0. The summed E-state index contributed by atoms with van der Waals surface area (Å²) < 4.78 is 9.25. The van der Waals surface area contributed by atoms with Crippen LogP contribution in [0.2, 0.25) is 0 Å². The maximum atomic E-state index is 13.0. The molecule has 2 unspecified atom stereocenters. The third-order valence-electron chi connectivity index (χ3n) is 10.6. The van der Waals surface area contributed by atoms with Gasteiger partial charge in [0.2, 0.25) is 11.8 Å². The number of rotatable bonds is 15. The highest BCUT2D eigenvalue weighted by Crippen LogP contribution is 2.32. The molecule has 1 saturated heterocycles. The number of likely N-dealkylation sites (tertiary alicyclic amines) is 1. The molecule has 0 saturated carbocycles. The average Bonchev–Trinajstić information content (AvgIpc) is 4.04. The number of carbonyl (C=O) groups is 5. The van der Waals surface area contributed by atoms with Crippen LogP contribution >= 0.6 is 0 Å². The third kappa shape index (κ3) is 12.8. The molecule has 7 rings (SSSR count). The number of hydrogen-bond acceptors (Lipinski definition) is 8. The van der Waals surface area contributed by atoms with E-state index in [1.54, 1.807) is 35.4 Å². The zero-order valence-electron chi connectivity index (χ0n) is 35.5. The minimum atomic E-state index is -0.858. The number of amides is 5. The van der Waals surface area contributed by atoms with Crippen LogP contribution in [0.5, 0.6) is 0 Å². The van der Waals surface area contributed by atoms with Crippen molar-refractivity contribution in [2.45, 2.75) is 44.2 Å². The van der Waals surface area contributed by atoms with Crippen LogP contribution in [0.4, 0.5) is 9.59 Å². The van der Waals surface area contributed by atoms with Crippen LogP contribution in [0.25, 0.3) is 33.2 Å². The number of fused-ring (bicyclic) bond motifs is 1. The number of imidazole rings is 1. The molecule has 5 amide bonds. The van der Waals surface area contributed by atoms with Crippen LogP contribution in [-0.4, -0.2) is 85.2 Å². The summed E-state index contributed by atoms with van der Waals surface area (Å²) in [6.45, 7) is 1.41. The quantitative estimate of drug-likeness (QED) is 0.0651. The largest absolute Gasteiger partial charge is 0.453 e. The molecule has 2 atom stereocenters. The van der Waals surface area contributed by atoms with Gasteiger partial charge in [0, 0.05) is 25.2 Å². The van der Waals surface area contributed by atoms with E-state index in [2.05, 4.69) is 58.9 Å². The second-order valence-corrected chi connectivity index (χ2v) is 14.9. The molecule has 14 nitrogen and oxygen atoms in total. The summed E-state index contributed by atoms with van der Waals surface area (Å²) in [5, 5.41) is 12.9. The molecule has 0 spiro atoms. The topological polar surface area (TPSA) is 184 Å². The van der Waals surface area contributed by atoms with Gasteiger partial charge in [0.25, 0.3) is 5.91 Å². The molecule has 1 aliphatic rings. The van der Waals surface area contributed by atoms with Crippen molar-refractivity contribution in [2.75, 3.05) is 40.4 Å². The predicted molar refractivity (Wildman–Crippen MR) is 241 cm³/mol. The van der Waals surface area contributed by atoms with Crippen molar-refractivity contribution in [2.24, 2.45) is 0 Å². The number of nitrogens with one attached hydrogen (secondary N) is 5. The zero-order chi connectivity index (χ0) is 44.4. The van der Waals surface area contributed by atoms with Gasteiger partial charge >= 0.3 is 12.2 Å². The monoisotopic (exact) mass is 851 g/mol. The van der Waals surface area contributed by atoms with Gasteiger partial charge in [0.1, 0.15) is 18.4 Å². The number of aromatic amines is 1. The Balaban J connectivity index is 0.00000101. The number of aromatic nitrogens is 2. The summed E-state index contributed by atoms with van der Waals surface area (Å²) in [6.07, 6.45) is 4.35. The number of nitrogens with zero attached hydrogens (tertiary/aromatic N) is 2. The van der Waals surface area contributed by atoms with Gasteiger partial charge in [0.05, 0.1) is 32.2 Å². The Hall–Kier alpha value is -7.48. The van der Waals surface area contributed by atoms with E-state index in [9.17, 15) is 24.0 Å². The lowest BCUT2D eigenvalue weighted by atomic mass is 9.98. The average molecular weight is 852 g/mol. The van der Waals surface area contributed by atoms with Crippen molar-refractivity contribution in [3.8, 4) is 22.4 Å². The molecule has 1 aliphatic heterocycles. The Bertz CT molecular complexity index is 2420. The normalized spacial score (nSPS) is 13.5. The molecule has 5 N–H and O–H groups in total. The Kier molecular flexibility index (Phi) is 16.4. The first-order valence-corrected chi connectivity index (χ1v) is 21.0. The Morgan fingerprint density at radius 1 is 0.698 bits per heavy atom. The van der Waals surface area contributed by atoms with Gasteiger partial charge in [-0.05, 0) is 83.3 Å². The van der Waals surface area contributed by atoms with E-state index in [1.165, 1.54) is 14.2 Å². The Morgan fingerprint density at radius 3 is 2.02 bits per heavy atom. The summed E-state index contributed by atoms with van der Waals surface area (Å²) in [5.74, 6) is 0.0636. The highest BCUT2D eigenvalue weighted by atomic mass is 16.5. The highest BCUT2D eigenvalue weighted by molar-refractivity contribution is 5.99. The number of hydrogen-bond donors (Lipinski definition) is 5. The van der Waals surface area contributed by atoms with Crippen molar-refractivity contribution >= 4 is 40.7 Å². The first-order valence-electron chi connectivity index (χ1n) is 21.0. The molecule has 0 bridgehead atoms. The maximum Gasteiger partial charge on any atom is 0.407 e. The molecule has 0 aliphatic carbocycles. The van der Waals surface area contributed by atoms with Gasteiger partial charge in [-0.15, -0.1) is 0 Å². The fourth-order valence-electron chi connectivity index (χ4n) is 7.28. The molecular weight excluding hydrogens is 799 g/mol. The summed E-state index contributed by atoms with van der Waals surface area (Å²) >= 11 is 0. The number of benzene rings is 5. The van der Waals surface area contributed by atoms with E-state index in [1.807, 2.05) is 84.9 Å². The van der Waals surface area contributed by atoms with E-state index >= 15 is 0 Å². The summed E-state index contributed by atoms with van der Waals surface area (Å²) in [5.41, 5.74) is 5.14. The molecular formula is C49H53N7O7. The van der Waals surface area contributed by atoms with Crippen LogP contribution in [0.15, 0.2) is 134 Å². The standard InChI is InChI=1S/C43H47N7O7.C6H6/c1-56-42(54)47-27-37(51)50-23-9-12-36(50)39-46-26-35(48-39)29-15-13-28(14-16-29)31-17-18-33-25-34(20-19-32(33)24-31)40(52)44-21-7-4-8-22-45-41(53)38(49-43(55)57-2)30-10-5-3-6-11-30;1-2-4-6-5-3-1/h3,5-6,10-11,13-20,24-26,36,38H,4,7-9,12,21-23,27H2,1-2H3,(H,44,52)(H,45,53)(H,46,48)(H,47,54)(H,49,55);1-6H. The lowest BCUT2D eigenvalue weighted by Crippen LogP contribution is -2.40. The summed E-state index contributed by atoms with van der Waals surface area (Å²) in [4.78, 5) is 71.5. The first-order chi connectivity index (χ1) is 30.7. The first kappa shape index (κ1) is 45.1. The van der Waals surface area contributed by atoms with Crippen molar-refractivity contribution in [1.82, 2.24) is 36.1 Å². The fourth-order valence-corrected chi connectivity index (χ4v) is 7.28. The molecule has 6 aromatic rings. The van der Waals surface area contributed by atoms with Crippen LogP contribution < -0.4 is 21.3 Å². The highest BCUT2D eigenvalue weighted by Gasteiger charge is 2.32. The van der Waals surface area contributed by atoms with E-state index < -0.39 is 18.2 Å². The van der Waals surface area contributed by atoms with E-state index in [0.29, 0.717) is 36.6 Å². The summed E-state index contributed by atoms with van der Waals surface area (Å²) in [6, 6.07) is 39.9. The van der Waals surface area contributed by atoms with Crippen LogP contribution in [0.1, 0.15) is 65.9 Å². The van der Waals surface area contributed by atoms with E-state index in [4.69, 9.17) is 0 Å². The second kappa shape index (κ2) is 22.9. The summed E-state index contributed by atoms with van der Waals surface area (Å²) in [7, 11) is 2.51. The number of methoxy groups -OCH3 is 2. The second-order valence-electron chi connectivity index (χ2n) is 14.9. The van der Waals surface area contributed by atoms with Crippen molar-refractivity contribution in [3.63, 3.8) is 0 Å². The zero-order valence-corrected chi connectivity index (χ0v) is 35.5. The minimum Gasteiger partial charge on any atom is -0.453 e. The van der Waals surface area contributed by atoms with Crippen molar-refractivity contribution < 1.29 is 33.4 Å². The Labute approximate surface area is 366 Å². The molecule has 2 heterocycles. The van der Waals surface area contributed by atoms with Crippen LogP contribution in [0.3, 0.4) is 0 Å². The van der Waals surface area contributed by atoms with Gasteiger partial charge in [-0.2, -0.15) is 0 Å². The lowest BCUT2D eigenvalue weighted by molar-refractivity contribution is -0.131. The third-order valence-corrected chi connectivity index (χ3v) is 10.6. The number of ether oxygens (including phenoxy) is 2. The number of alkyl carbamates (subject to hydrolysis) is 2. The van der Waals surface area contributed by atoms with E-state index in [-0.39, 0.29) is 30.3 Å². The van der Waals surface area contributed by atoms with E-state index in [0.717, 1.165) is 65.3 Å². The Morgan fingerprint density at radius 2 is 1.32 bits per heavy atom. The van der Waals surface area contributed by atoms with Gasteiger partial charge in [-0.3, -0.25) is 14.4 Å². The van der Waals surface area contributed by atoms with Gasteiger partial charge < -0.3 is 40.6 Å². The molecule has 5 aromatic carbocycles. The predicted octanol–water partition coefficient (Wildman–Crippen LogP) is 7.72. The molecule has 1 fully saturated rings.